The lowest BCUT2D eigenvalue weighted by Crippen LogP contribution is -2.42. The standard InChI is InChI=1S/C19H21N3O3/c1-2-11-25-13-15-7-9-21(10-8-15)18(23)12-22-14-20-17-6-4-3-5-16(17)19(22)24/h1,3-6,14-15H,7-13H2. The first kappa shape index (κ1) is 17.2. The summed E-state index contributed by atoms with van der Waals surface area (Å²) >= 11 is 0. The molecule has 1 aromatic carbocycles. The molecular formula is C19H21N3O3. The minimum Gasteiger partial charge on any atom is -0.369 e. The average Bonchev–Trinajstić information content (AvgIpc) is 2.65. The summed E-state index contributed by atoms with van der Waals surface area (Å²) < 4.78 is 6.76. The van der Waals surface area contributed by atoms with Crippen molar-refractivity contribution in [1.29, 1.82) is 0 Å². The summed E-state index contributed by atoms with van der Waals surface area (Å²) in [6.45, 7) is 2.35. The number of carbonyl (C=O) groups excluding carboxylic acids is 1. The Morgan fingerprint density at radius 1 is 1.32 bits per heavy atom. The van der Waals surface area contributed by atoms with Crippen LogP contribution in [0.2, 0.25) is 0 Å². The molecule has 130 valence electrons. The fraction of sp³-hybridized carbons (Fsp3) is 0.421. The number of ether oxygens (including phenoxy) is 1. The van der Waals surface area contributed by atoms with Gasteiger partial charge in [-0.1, -0.05) is 18.1 Å². The number of rotatable bonds is 5. The topological polar surface area (TPSA) is 64.4 Å². The van der Waals surface area contributed by atoms with Crippen LogP contribution in [0.5, 0.6) is 0 Å². The van der Waals surface area contributed by atoms with Crippen molar-refractivity contribution in [2.75, 3.05) is 26.3 Å². The third-order valence-electron chi connectivity index (χ3n) is 4.54. The smallest absolute Gasteiger partial charge is 0.261 e. The Morgan fingerprint density at radius 3 is 2.84 bits per heavy atom. The highest BCUT2D eigenvalue weighted by Crippen LogP contribution is 2.17. The Morgan fingerprint density at radius 2 is 2.08 bits per heavy atom. The van der Waals surface area contributed by atoms with Crippen LogP contribution in [0.15, 0.2) is 35.4 Å². The monoisotopic (exact) mass is 339 g/mol. The van der Waals surface area contributed by atoms with Gasteiger partial charge in [-0.05, 0) is 30.9 Å². The molecule has 1 aliphatic rings. The summed E-state index contributed by atoms with van der Waals surface area (Å²) in [6, 6.07) is 7.15. The normalized spacial score (nSPS) is 15.2. The summed E-state index contributed by atoms with van der Waals surface area (Å²) in [5.74, 6) is 2.83. The first-order valence-corrected chi connectivity index (χ1v) is 8.42. The van der Waals surface area contributed by atoms with Gasteiger partial charge in [-0.25, -0.2) is 4.98 Å². The summed E-state index contributed by atoms with van der Waals surface area (Å²) in [7, 11) is 0. The number of aromatic nitrogens is 2. The van der Waals surface area contributed by atoms with Crippen LogP contribution in [0.25, 0.3) is 10.9 Å². The number of fused-ring (bicyclic) bond motifs is 1. The van der Waals surface area contributed by atoms with Gasteiger partial charge < -0.3 is 9.64 Å². The minimum atomic E-state index is -0.184. The van der Waals surface area contributed by atoms with E-state index in [9.17, 15) is 9.59 Å². The van der Waals surface area contributed by atoms with Crippen LogP contribution in [0.1, 0.15) is 12.8 Å². The second kappa shape index (κ2) is 7.95. The quantitative estimate of drug-likeness (QED) is 0.608. The van der Waals surface area contributed by atoms with Gasteiger partial charge in [0, 0.05) is 13.1 Å². The fourth-order valence-electron chi connectivity index (χ4n) is 3.10. The van der Waals surface area contributed by atoms with E-state index < -0.39 is 0 Å². The van der Waals surface area contributed by atoms with Crippen molar-refractivity contribution in [2.24, 2.45) is 5.92 Å². The molecule has 0 atom stereocenters. The number of para-hydroxylation sites is 1. The van der Waals surface area contributed by atoms with E-state index in [0.717, 1.165) is 12.8 Å². The fourth-order valence-corrected chi connectivity index (χ4v) is 3.10. The number of amides is 1. The van der Waals surface area contributed by atoms with Gasteiger partial charge in [0.15, 0.2) is 0 Å². The van der Waals surface area contributed by atoms with Crippen molar-refractivity contribution in [2.45, 2.75) is 19.4 Å². The number of hydrogen-bond acceptors (Lipinski definition) is 4. The number of piperidine rings is 1. The highest BCUT2D eigenvalue weighted by molar-refractivity contribution is 5.79. The molecule has 1 fully saturated rings. The SMILES string of the molecule is C#CCOCC1CCN(C(=O)Cn2cnc3ccccc3c2=O)CC1. The zero-order valence-electron chi connectivity index (χ0n) is 14.1. The van der Waals surface area contributed by atoms with Gasteiger partial charge in [0.2, 0.25) is 5.91 Å². The summed E-state index contributed by atoms with van der Waals surface area (Å²) in [5.41, 5.74) is 0.459. The first-order chi connectivity index (χ1) is 12.2. The second-order valence-electron chi connectivity index (χ2n) is 6.24. The van der Waals surface area contributed by atoms with E-state index in [2.05, 4.69) is 10.9 Å². The van der Waals surface area contributed by atoms with Crippen LogP contribution in [0.3, 0.4) is 0 Å². The lowest BCUT2D eigenvalue weighted by molar-refractivity contribution is -0.133. The van der Waals surface area contributed by atoms with Crippen LogP contribution >= 0.6 is 0 Å². The molecule has 0 spiro atoms. The number of carbonyl (C=O) groups is 1. The van der Waals surface area contributed by atoms with Crippen molar-refractivity contribution in [3.05, 3.63) is 40.9 Å². The third-order valence-corrected chi connectivity index (χ3v) is 4.54. The van der Waals surface area contributed by atoms with E-state index in [1.54, 1.807) is 23.1 Å². The van der Waals surface area contributed by atoms with E-state index >= 15 is 0 Å². The molecule has 25 heavy (non-hydrogen) atoms. The summed E-state index contributed by atoms with van der Waals surface area (Å²) in [6.07, 6.45) is 8.39. The number of hydrogen-bond donors (Lipinski definition) is 0. The van der Waals surface area contributed by atoms with Crippen molar-refractivity contribution in [3.8, 4) is 12.3 Å². The zero-order valence-corrected chi connectivity index (χ0v) is 14.1. The Hall–Kier alpha value is -2.65. The average molecular weight is 339 g/mol. The van der Waals surface area contributed by atoms with Gasteiger partial charge >= 0.3 is 0 Å². The number of nitrogens with zero attached hydrogens (tertiary/aromatic N) is 3. The molecule has 3 rings (SSSR count). The van der Waals surface area contributed by atoms with Crippen molar-refractivity contribution < 1.29 is 9.53 Å². The van der Waals surface area contributed by atoms with Crippen LogP contribution < -0.4 is 5.56 Å². The van der Waals surface area contributed by atoms with Gasteiger partial charge in [-0.3, -0.25) is 14.2 Å². The molecule has 0 N–H and O–H groups in total. The van der Waals surface area contributed by atoms with Gasteiger partial charge in [0.1, 0.15) is 13.2 Å². The van der Waals surface area contributed by atoms with Crippen LogP contribution in [0.4, 0.5) is 0 Å². The predicted molar refractivity (Wildman–Crippen MR) is 95.0 cm³/mol. The molecule has 2 aromatic rings. The van der Waals surface area contributed by atoms with E-state index in [4.69, 9.17) is 11.2 Å². The molecule has 1 saturated heterocycles. The molecule has 0 saturated carbocycles. The lowest BCUT2D eigenvalue weighted by atomic mass is 9.98. The minimum absolute atomic E-state index is 0.0227. The maximum atomic E-state index is 12.5. The van der Waals surface area contributed by atoms with Gasteiger partial charge in [0.25, 0.3) is 5.56 Å². The Bertz CT molecular complexity index is 845. The summed E-state index contributed by atoms with van der Waals surface area (Å²) in [5, 5.41) is 0.530. The highest BCUT2D eigenvalue weighted by Gasteiger charge is 2.23. The number of likely N-dealkylation sites (tertiary alicyclic amines) is 1. The molecule has 1 amide bonds. The van der Waals surface area contributed by atoms with Crippen LogP contribution in [0, 0.1) is 18.3 Å². The van der Waals surface area contributed by atoms with Crippen LogP contribution in [-0.2, 0) is 16.1 Å². The Balaban J connectivity index is 1.59. The lowest BCUT2D eigenvalue weighted by Gasteiger charge is -2.31. The van der Waals surface area contributed by atoms with E-state index in [0.29, 0.717) is 43.1 Å². The molecular weight excluding hydrogens is 318 g/mol. The van der Waals surface area contributed by atoms with Gasteiger partial charge in [0.05, 0.1) is 23.8 Å². The Kier molecular flexibility index (Phi) is 5.46. The third kappa shape index (κ3) is 4.06. The van der Waals surface area contributed by atoms with E-state index in [1.165, 1.54) is 10.9 Å². The van der Waals surface area contributed by atoms with E-state index in [-0.39, 0.29) is 18.0 Å². The van der Waals surface area contributed by atoms with E-state index in [1.807, 2.05) is 6.07 Å². The number of benzene rings is 1. The van der Waals surface area contributed by atoms with Crippen molar-refractivity contribution in [1.82, 2.24) is 14.5 Å². The maximum Gasteiger partial charge on any atom is 0.261 e. The maximum absolute atomic E-state index is 12.5. The molecule has 6 nitrogen and oxygen atoms in total. The summed E-state index contributed by atoms with van der Waals surface area (Å²) in [4.78, 5) is 31.0. The number of terminal acetylenes is 1. The predicted octanol–water partition coefficient (Wildman–Crippen LogP) is 1.28. The van der Waals surface area contributed by atoms with Gasteiger partial charge in [-0.2, -0.15) is 0 Å². The molecule has 2 heterocycles. The molecule has 0 radical (unpaired) electrons. The molecule has 1 aromatic heterocycles. The van der Waals surface area contributed by atoms with Crippen molar-refractivity contribution >= 4 is 16.8 Å². The first-order valence-electron chi connectivity index (χ1n) is 8.42. The second-order valence-corrected chi connectivity index (χ2v) is 6.24. The largest absolute Gasteiger partial charge is 0.369 e. The van der Waals surface area contributed by atoms with Gasteiger partial charge in [-0.15, -0.1) is 6.42 Å². The zero-order chi connectivity index (χ0) is 17.6. The van der Waals surface area contributed by atoms with Crippen LogP contribution in [-0.4, -0.2) is 46.7 Å². The molecule has 0 bridgehead atoms. The molecule has 6 heteroatoms. The molecule has 0 unspecified atom stereocenters. The Labute approximate surface area is 146 Å². The van der Waals surface area contributed by atoms with Crippen molar-refractivity contribution in [3.63, 3.8) is 0 Å². The highest BCUT2D eigenvalue weighted by atomic mass is 16.5. The molecule has 1 aliphatic heterocycles. The molecule has 0 aliphatic carbocycles.